The number of anilines is 1. The molecule has 1 aromatic rings. The van der Waals surface area contributed by atoms with Crippen molar-refractivity contribution in [3.05, 3.63) is 24.3 Å². The number of nitrogens with zero attached hydrogens (tertiary/aromatic N) is 1. The molecule has 0 aromatic heterocycles. The highest BCUT2D eigenvalue weighted by molar-refractivity contribution is 8.14. The van der Waals surface area contributed by atoms with Gasteiger partial charge in [-0.3, -0.25) is 4.79 Å². The van der Waals surface area contributed by atoms with Crippen molar-refractivity contribution in [3.8, 4) is 5.75 Å². The van der Waals surface area contributed by atoms with E-state index >= 15 is 0 Å². The second-order valence-electron chi connectivity index (χ2n) is 4.01. The molecule has 1 amide bonds. The Morgan fingerprint density at radius 3 is 2.72 bits per heavy atom. The Bertz CT molecular complexity index is 572. The summed E-state index contributed by atoms with van der Waals surface area (Å²) >= 11 is 0. The van der Waals surface area contributed by atoms with Crippen LogP contribution >= 0.6 is 10.7 Å². The Balaban J connectivity index is 2.27. The summed E-state index contributed by atoms with van der Waals surface area (Å²) in [6, 6.07) is 6.90. The van der Waals surface area contributed by atoms with Crippen LogP contribution in [-0.2, 0) is 13.8 Å². The van der Waals surface area contributed by atoms with Gasteiger partial charge in [0.05, 0.1) is 7.11 Å². The van der Waals surface area contributed by atoms with Crippen molar-refractivity contribution in [2.45, 2.75) is 11.7 Å². The predicted octanol–water partition coefficient (Wildman–Crippen LogP) is 1.37. The molecule has 1 aliphatic heterocycles. The van der Waals surface area contributed by atoms with Crippen LogP contribution in [-0.4, -0.2) is 33.2 Å². The first-order chi connectivity index (χ1) is 8.41. The molecule has 0 bridgehead atoms. The molecule has 0 spiro atoms. The molecule has 1 saturated heterocycles. The summed E-state index contributed by atoms with van der Waals surface area (Å²) < 4.78 is 27.5. The molecule has 7 heteroatoms. The van der Waals surface area contributed by atoms with Gasteiger partial charge >= 0.3 is 0 Å². The first-order valence-electron chi connectivity index (χ1n) is 5.29. The number of methoxy groups -OCH3 is 1. The predicted molar refractivity (Wildman–Crippen MR) is 68.5 cm³/mol. The third-order valence-electron chi connectivity index (χ3n) is 2.85. The summed E-state index contributed by atoms with van der Waals surface area (Å²) in [6.45, 7) is 0.0812. The molecule has 1 aromatic carbocycles. The van der Waals surface area contributed by atoms with Crippen molar-refractivity contribution in [1.82, 2.24) is 0 Å². The molecule has 1 unspecified atom stereocenters. The normalized spacial score (nSPS) is 20.2. The molecular weight excluding hydrogens is 278 g/mol. The van der Waals surface area contributed by atoms with E-state index in [1.54, 1.807) is 24.3 Å². The first-order valence-corrected chi connectivity index (χ1v) is 7.67. The second-order valence-corrected chi connectivity index (χ2v) is 6.92. The van der Waals surface area contributed by atoms with Crippen molar-refractivity contribution in [3.63, 3.8) is 0 Å². The fraction of sp³-hybridized carbons (Fsp3) is 0.364. The Hall–Kier alpha value is -1.27. The van der Waals surface area contributed by atoms with Gasteiger partial charge < -0.3 is 9.64 Å². The zero-order chi connectivity index (χ0) is 13.3. The highest BCUT2D eigenvalue weighted by Gasteiger charge is 2.37. The van der Waals surface area contributed by atoms with Gasteiger partial charge in [-0.05, 0) is 12.1 Å². The van der Waals surface area contributed by atoms with Crippen LogP contribution in [0.25, 0.3) is 0 Å². The molecule has 1 atom stereocenters. The number of amides is 1. The summed E-state index contributed by atoms with van der Waals surface area (Å²) in [4.78, 5) is 13.2. The second kappa shape index (κ2) is 4.78. The maximum atomic E-state index is 11.8. The summed E-state index contributed by atoms with van der Waals surface area (Å²) in [6.07, 6.45) is -0.0803. The molecular formula is C11H12ClNO4S. The summed E-state index contributed by atoms with van der Waals surface area (Å²) in [5.41, 5.74) is 0.613. The highest BCUT2D eigenvalue weighted by atomic mass is 35.7. The van der Waals surface area contributed by atoms with Gasteiger partial charge in [-0.1, -0.05) is 6.07 Å². The number of benzene rings is 1. The zero-order valence-corrected chi connectivity index (χ0v) is 11.2. The van der Waals surface area contributed by atoms with E-state index < -0.39 is 14.3 Å². The molecule has 98 valence electrons. The largest absolute Gasteiger partial charge is 0.497 e. The molecule has 1 fully saturated rings. The fourth-order valence-corrected chi connectivity index (χ4v) is 2.92. The summed E-state index contributed by atoms with van der Waals surface area (Å²) in [7, 11) is 3.10. The molecule has 1 aliphatic rings. The van der Waals surface area contributed by atoms with Gasteiger partial charge in [0.1, 0.15) is 11.0 Å². The summed E-state index contributed by atoms with van der Waals surface area (Å²) in [5.74, 6) is 0.356. The number of rotatable bonds is 3. The van der Waals surface area contributed by atoms with Crippen molar-refractivity contribution in [2.75, 3.05) is 18.6 Å². The van der Waals surface area contributed by atoms with Gasteiger partial charge in [0.2, 0.25) is 15.0 Å². The van der Waals surface area contributed by atoms with Crippen LogP contribution in [0, 0.1) is 0 Å². The summed E-state index contributed by atoms with van der Waals surface area (Å²) in [5, 5.41) is -0.849. The average molecular weight is 290 g/mol. The van der Waals surface area contributed by atoms with Gasteiger partial charge in [-0.15, -0.1) is 0 Å². The molecule has 5 nitrogen and oxygen atoms in total. The van der Waals surface area contributed by atoms with Crippen LogP contribution in [0.3, 0.4) is 0 Å². The monoisotopic (exact) mass is 289 g/mol. The van der Waals surface area contributed by atoms with E-state index in [0.717, 1.165) is 0 Å². The van der Waals surface area contributed by atoms with Crippen LogP contribution in [0.4, 0.5) is 5.69 Å². The van der Waals surface area contributed by atoms with E-state index in [4.69, 9.17) is 15.4 Å². The maximum absolute atomic E-state index is 11.8. The van der Waals surface area contributed by atoms with Gasteiger partial charge in [-0.2, -0.15) is 0 Å². The number of hydrogen-bond acceptors (Lipinski definition) is 4. The minimum absolute atomic E-state index is 0.0803. The van der Waals surface area contributed by atoms with E-state index in [2.05, 4.69) is 0 Å². The number of carbonyl (C=O) groups is 1. The van der Waals surface area contributed by atoms with Gasteiger partial charge in [0.15, 0.2) is 0 Å². The van der Waals surface area contributed by atoms with Crippen LogP contribution in [0.2, 0.25) is 0 Å². The molecule has 2 rings (SSSR count). The minimum Gasteiger partial charge on any atom is -0.497 e. The molecule has 0 N–H and O–H groups in total. The van der Waals surface area contributed by atoms with Crippen molar-refractivity contribution in [2.24, 2.45) is 0 Å². The molecule has 0 aliphatic carbocycles. The number of halogens is 1. The molecule has 18 heavy (non-hydrogen) atoms. The number of carbonyl (C=O) groups excluding carboxylic acids is 1. The van der Waals surface area contributed by atoms with E-state index in [-0.39, 0.29) is 18.9 Å². The number of ether oxygens (including phenoxy) is 1. The van der Waals surface area contributed by atoms with Gasteiger partial charge in [0, 0.05) is 35.4 Å². The average Bonchev–Trinajstić information content (AvgIpc) is 2.71. The standard InChI is InChI=1S/C11H12ClNO4S/c1-17-9-4-2-3-8(5-9)13-7-10(6-11(13)14)18(12,15)16/h2-5,10H,6-7H2,1H3. The highest BCUT2D eigenvalue weighted by Crippen LogP contribution is 2.28. The van der Waals surface area contributed by atoms with Crippen molar-refractivity contribution in [1.29, 1.82) is 0 Å². The molecule has 0 saturated carbocycles. The molecule has 1 heterocycles. The Morgan fingerprint density at radius 1 is 1.44 bits per heavy atom. The van der Waals surface area contributed by atoms with Crippen molar-refractivity contribution >= 4 is 31.3 Å². The first kappa shape index (κ1) is 13.2. The topological polar surface area (TPSA) is 63.7 Å². The third-order valence-corrected chi connectivity index (χ3v) is 4.72. The Labute approximate surface area is 110 Å². The van der Waals surface area contributed by atoms with Gasteiger partial charge in [-0.25, -0.2) is 8.42 Å². The van der Waals surface area contributed by atoms with Crippen LogP contribution < -0.4 is 9.64 Å². The number of hydrogen-bond donors (Lipinski definition) is 0. The third kappa shape index (κ3) is 2.59. The quantitative estimate of drug-likeness (QED) is 0.789. The van der Waals surface area contributed by atoms with Crippen LogP contribution in [0.5, 0.6) is 5.75 Å². The Kier molecular flexibility index (Phi) is 3.49. The maximum Gasteiger partial charge on any atom is 0.237 e. The Morgan fingerprint density at radius 2 is 2.17 bits per heavy atom. The van der Waals surface area contributed by atoms with Crippen molar-refractivity contribution < 1.29 is 17.9 Å². The lowest BCUT2D eigenvalue weighted by Crippen LogP contribution is -2.26. The van der Waals surface area contributed by atoms with E-state index in [0.29, 0.717) is 11.4 Å². The van der Waals surface area contributed by atoms with E-state index in [1.807, 2.05) is 0 Å². The lowest BCUT2D eigenvalue weighted by molar-refractivity contribution is -0.117. The molecule has 0 radical (unpaired) electrons. The van der Waals surface area contributed by atoms with Gasteiger partial charge in [0.25, 0.3) is 0 Å². The fourth-order valence-electron chi connectivity index (χ4n) is 1.89. The van der Waals surface area contributed by atoms with Crippen LogP contribution in [0.15, 0.2) is 24.3 Å². The smallest absolute Gasteiger partial charge is 0.237 e. The van der Waals surface area contributed by atoms with Crippen LogP contribution in [0.1, 0.15) is 6.42 Å². The lowest BCUT2D eigenvalue weighted by atomic mass is 10.3. The zero-order valence-electron chi connectivity index (χ0n) is 9.67. The minimum atomic E-state index is -3.71. The van der Waals surface area contributed by atoms with E-state index in [9.17, 15) is 13.2 Å². The lowest BCUT2D eigenvalue weighted by Gasteiger charge is -2.16. The van der Waals surface area contributed by atoms with E-state index in [1.165, 1.54) is 12.0 Å². The SMILES string of the molecule is COc1cccc(N2CC(S(=O)(=O)Cl)CC2=O)c1.